The van der Waals surface area contributed by atoms with Crippen LogP contribution in [0.3, 0.4) is 0 Å². The van der Waals surface area contributed by atoms with Gasteiger partial charge in [-0.1, -0.05) is 50.6 Å². The first-order valence-electron chi connectivity index (χ1n) is 9.18. The summed E-state index contributed by atoms with van der Waals surface area (Å²) >= 11 is 0. The van der Waals surface area contributed by atoms with Crippen molar-refractivity contribution in [3.63, 3.8) is 0 Å². The molecule has 0 saturated heterocycles. The van der Waals surface area contributed by atoms with Gasteiger partial charge >= 0.3 is 0 Å². The molecule has 0 aliphatic rings. The summed E-state index contributed by atoms with van der Waals surface area (Å²) in [5.41, 5.74) is 2.08. The van der Waals surface area contributed by atoms with E-state index in [0.29, 0.717) is 18.4 Å². The predicted octanol–water partition coefficient (Wildman–Crippen LogP) is 5.53. The summed E-state index contributed by atoms with van der Waals surface area (Å²) in [5, 5.41) is 3.39. The molecule has 0 saturated carbocycles. The number of methoxy groups -OCH3 is 1. The van der Waals surface area contributed by atoms with E-state index in [1.54, 1.807) is 13.2 Å². The molecular formula is C22H30FNO. The molecule has 2 aromatic rings. The minimum Gasteiger partial charge on any atom is -0.497 e. The van der Waals surface area contributed by atoms with Crippen LogP contribution < -0.4 is 10.1 Å². The lowest BCUT2D eigenvalue weighted by Crippen LogP contribution is -2.18. The van der Waals surface area contributed by atoms with Gasteiger partial charge in [0.1, 0.15) is 11.6 Å². The Morgan fingerprint density at radius 1 is 0.960 bits per heavy atom. The Labute approximate surface area is 151 Å². The number of nitrogens with one attached hydrogen (secondary N) is 1. The SMILES string of the molecule is COc1ccc([C@H](CCNCc2ccccc2F)CCC(C)C)cc1. The first-order chi connectivity index (χ1) is 12.1. The predicted molar refractivity (Wildman–Crippen MR) is 103 cm³/mol. The average molecular weight is 343 g/mol. The largest absolute Gasteiger partial charge is 0.497 e. The number of benzene rings is 2. The van der Waals surface area contributed by atoms with Crippen molar-refractivity contribution in [3.8, 4) is 5.75 Å². The smallest absolute Gasteiger partial charge is 0.127 e. The zero-order valence-corrected chi connectivity index (χ0v) is 15.6. The topological polar surface area (TPSA) is 21.3 Å². The average Bonchev–Trinajstić information content (AvgIpc) is 2.62. The molecule has 0 heterocycles. The minimum atomic E-state index is -0.137. The van der Waals surface area contributed by atoms with Gasteiger partial charge in [-0.3, -0.25) is 0 Å². The van der Waals surface area contributed by atoms with E-state index in [1.165, 1.54) is 24.5 Å². The van der Waals surface area contributed by atoms with Gasteiger partial charge < -0.3 is 10.1 Å². The third-order valence-corrected chi connectivity index (χ3v) is 4.62. The number of hydrogen-bond donors (Lipinski definition) is 1. The first-order valence-corrected chi connectivity index (χ1v) is 9.18. The fourth-order valence-corrected chi connectivity index (χ4v) is 3.03. The Kier molecular flexibility index (Phi) is 7.93. The Bertz CT molecular complexity index is 624. The fourth-order valence-electron chi connectivity index (χ4n) is 3.03. The number of hydrogen-bond acceptors (Lipinski definition) is 2. The van der Waals surface area contributed by atoms with Gasteiger partial charge in [-0.2, -0.15) is 0 Å². The van der Waals surface area contributed by atoms with Crippen molar-refractivity contribution >= 4 is 0 Å². The van der Waals surface area contributed by atoms with E-state index in [0.717, 1.165) is 24.3 Å². The highest BCUT2D eigenvalue weighted by Gasteiger charge is 2.12. The van der Waals surface area contributed by atoms with Crippen molar-refractivity contribution in [2.24, 2.45) is 5.92 Å². The van der Waals surface area contributed by atoms with E-state index in [9.17, 15) is 4.39 Å². The second kappa shape index (κ2) is 10.2. The first kappa shape index (κ1) is 19.5. The number of rotatable bonds is 10. The van der Waals surface area contributed by atoms with Crippen LogP contribution >= 0.6 is 0 Å². The van der Waals surface area contributed by atoms with Gasteiger partial charge in [-0.05, 0) is 55.0 Å². The minimum absolute atomic E-state index is 0.137. The molecule has 2 aromatic carbocycles. The van der Waals surface area contributed by atoms with Gasteiger partial charge in [0.25, 0.3) is 0 Å². The maximum atomic E-state index is 13.7. The quantitative estimate of drug-likeness (QED) is 0.572. The van der Waals surface area contributed by atoms with Crippen LogP contribution in [-0.4, -0.2) is 13.7 Å². The molecule has 0 aromatic heterocycles. The summed E-state index contributed by atoms with van der Waals surface area (Å²) in [6.07, 6.45) is 3.43. The molecule has 25 heavy (non-hydrogen) atoms. The lowest BCUT2D eigenvalue weighted by atomic mass is 9.88. The summed E-state index contributed by atoms with van der Waals surface area (Å²) in [7, 11) is 1.69. The number of halogens is 1. The fraction of sp³-hybridized carbons (Fsp3) is 0.455. The van der Waals surface area contributed by atoms with E-state index >= 15 is 0 Å². The van der Waals surface area contributed by atoms with Crippen LogP contribution in [0.4, 0.5) is 4.39 Å². The molecule has 136 valence electrons. The summed E-state index contributed by atoms with van der Waals surface area (Å²) in [6, 6.07) is 15.4. The maximum Gasteiger partial charge on any atom is 0.127 e. The second-order valence-corrected chi connectivity index (χ2v) is 7.00. The van der Waals surface area contributed by atoms with Gasteiger partial charge in [0.2, 0.25) is 0 Å². The van der Waals surface area contributed by atoms with Crippen LogP contribution in [0, 0.1) is 11.7 Å². The molecule has 1 N–H and O–H groups in total. The maximum absolute atomic E-state index is 13.7. The molecule has 0 bridgehead atoms. The van der Waals surface area contributed by atoms with E-state index < -0.39 is 0 Å². The molecule has 0 unspecified atom stereocenters. The van der Waals surface area contributed by atoms with Gasteiger partial charge in [0.15, 0.2) is 0 Å². The van der Waals surface area contributed by atoms with Crippen LogP contribution in [0.5, 0.6) is 5.75 Å². The molecule has 0 amide bonds. The van der Waals surface area contributed by atoms with Gasteiger partial charge in [-0.25, -0.2) is 4.39 Å². The van der Waals surface area contributed by atoms with Gasteiger partial charge in [0.05, 0.1) is 7.11 Å². The van der Waals surface area contributed by atoms with Crippen molar-refractivity contribution in [2.45, 2.75) is 45.6 Å². The molecule has 0 radical (unpaired) electrons. The second-order valence-electron chi connectivity index (χ2n) is 7.00. The van der Waals surface area contributed by atoms with E-state index in [-0.39, 0.29) is 5.82 Å². The molecule has 0 aliphatic heterocycles. The van der Waals surface area contributed by atoms with Crippen molar-refractivity contribution in [1.82, 2.24) is 5.32 Å². The molecule has 3 heteroatoms. The van der Waals surface area contributed by atoms with Gasteiger partial charge in [0, 0.05) is 12.1 Å². The van der Waals surface area contributed by atoms with Crippen LogP contribution in [0.2, 0.25) is 0 Å². The van der Waals surface area contributed by atoms with E-state index in [4.69, 9.17) is 4.74 Å². The van der Waals surface area contributed by atoms with Crippen molar-refractivity contribution < 1.29 is 9.13 Å². The lowest BCUT2D eigenvalue weighted by molar-refractivity contribution is 0.414. The standard InChI is InChI=1S/C22H30FNO/c1-17(2)8-9-19(18-10-12-21(25-3)13-11-18)14-15-24-16-20-6-4-5-7-22(20)23/h4-7,10-13,17,19,24H,8-9,14-16H2,1-3H3/t19-/m0/s1. The van der Waals surface area contributed by atoms with Gasteiger partial charge in [-0.15, -0.1) is 0 Å². The lowest BCUT2D eigenvalue weighted by Gasteiger charge is -2.19. The van der Waals surface area contributed by atoms with Crippen LogP contribution in [-0.2, 0) is 6.54 Å². The zero-order chi connectivity index (χ0) is 18.1. The Morgan fingerprint density at radius 2 is 1.68 bits per heavy atom. The van der Waals surface area contributed by atoms with E-state index in [1.807, 2.05) is 24.3 Å². The van der Waals surface area contributed by atoms with Crippen molar-refractivity contribution in [1.29, 1.82) is 0 Å². The third-order valence-electron chi connectivity index (χ3n) is 4.62. The molecule has 2 nitrogen and oxygen atoms in total. The van der Waals surface area contributed by atoms with Crippen LogP contribution in [0.15, 0.2) is 48.5 Å². The normalized spacial score (nSPS) is 12.4. The highest BCUT2D eigenvalue weighted by Crippen LogP contribution is 2.28. The van der Waals surface area contributed by atoms with Crippen LogP contribution in [0.1, 0.15) is 50.2 Å². The Morgan fingerprint density at radius 3 is 2.32 bits per heavy atom. The molecule has 0 spiro atoms. The zero-order valence-electron chi connectivity index (χ0n) is 15.6. The van der Waals surface area contributed by atoms with E-state index in [2.05, 4.69) is 31.3 Å². The van der Waals surface area contributed by atoms with Crippen LogP contribution in [0.25, 0.3) is 0 Å². The molecule has 2 rings (SSSR count). The highest BCUT2D eigenvalue weighted by atomic mass is 19.1. The summed E-state index contributed by atoms with van der Waals surface area (Å²) in [6.45, 7) is 5.98. The van der Waals surface area contributed by atoms with Crippen molar-refractivity contribution in [3.05, 3.63) is 65.5 Å². The monoisotopic (exact) mass is 343 g/mol. The Hall–Kier alpha value is -1.87. The highest BCUT2D eigenvalue weighted by molar-refractivity contribution is 5.29. The summed E-state index contributed by atoms with van der Waals surface area (Å²) < 4.78 is 18.9. The summed E-state index contributed by atoms with van der Waals surface area (Å²) in [5.74, 6) is 1.97. The molecule has 0 aliphatic carbocycles. The molecule has 0 fully saturated rings. The Balaban J connectivity index is 1.90. The summed E-state index contributed by atoms with van der Waals surface area (Å²) in [4.78, 5) is 0. The molecule has 1 atom stereocenters. The van der Waals surface area contributed by atoms with Crippen molar-refractivity contribution in [2.75, 3.05) is 13.7 Å². The number of ether oxygens (including phenoxy) is 1. The molecular weight excluding hydrogens is 313 g/mol. The third kappa shape index (κ3) is 6.50.